The molecule has 5 heteroatoms. The van der Waals surface area contributed by atoms with Crippen LogP contribution in [0, 0.1) is 0 Å². The molecule has 1 aliphatic carbocycles. The summed E-state index contributed by atoms with van der Waals surface area (Å²) in [4.78, 5) is 24.7. The smallest absolute Gasteiger partial charge is 0.252 e. The fourth-order valence-electron chi connectivity index (χ4n) is 4.14. The van der Waals surface area contributed by atoms with Gasteiger partial charge in [-0.05, 0) is 49.9 Å². The number of para-hydroxylation sites is 1. The molecule has 5 rings (SSSR count). The van der Waals surface area contributed by atoms with E-state index in [1.165, 1.54) is 12.8 Å². The molecule has 1 aromatic carbocycles. The highest BCUT2D eigenvalue weighted by Gasteiger charge is 2.32. The lowest BCUT2D eigenvalue weighted by atomic mass is 10.0. The standard InChI is InChI=1S/C23H24N4O/c28-23(25-17-9-12-27(13-10-17)18-7-8-18)20-14-22(16-4-3-11-24-15-16)26-21-6-2-1-5-19(20)21/h1-6,11,14-15,17-18H,7-10,12-13H2,(H,25,28). The van der Waals surface area contributed by atoms with Gasteiger partial charge in [-0.1, -0.05) is 18.2 Å². The first-order valence-corrected chi connectivity index (χ1v) is 10.1. The van der Waals surface area contributed by atoms with Crippen LogP contribution < -0.4 is 5.32 Å². The Morgan fingerprint density at radius 2 is 1.86 bits per heavy atom. The summed E-state index contributed by atoms with van der Waals surface area (Å²) in [7, 11) is 0. The number of nitrogens with zero attached hydrogens (tertiary/aromatic N) is 3. The summed E-state index contributed by atoms with van der Waals surface area (Å²) in [5, 5.41) is 4.17. The first-order chi connectivity index (χ1) is 13.8. The number of carbonyl (C=O) groups is 1. The van der Waals surface area contributed by atoms with Crippen molar-refractivity contribution < 1.29 is 4.79 Å². The maximum Gasteiger partial charge on any atom is 0.252 e. The van der Waals surface area contributed by atoms with Crippen molar-refractivity contribution in [1.29, 1.82) is 0 Å². The van der Waals surface area contributed by atoms with Crippen LogP contribution in [-0.2, 0) is 0 Å². The van der Waals surface area contributed by atoms with Gasteiger partial charge in [0, 0.05) is 48.5 Å². The molecule has 2 aliphatic rings. The highest BCUT2D eigenvalue weighted by molar-refractivity contribution is 6.07. The van der Waals surface area contributed by atoms with Gasteiger partial charge in [0.1, 0.15) is 0 Å². The Balaban J connectivity index is 1.41. The van der Waals surface area contributed by atoms with Crippen molar-refractivity contribution in [3.8, 4) is 11.3 Å². The van der Waals surface area contributed by atoms with Crippen molar-refractivity contribution in [1.82, 2.24) is 20.2 Å². The zero-order valence-corrected chi connectivity index (χ0v) is 15.8. The van der Waals surface area contributed by atoms with Crippen LogP contribution in [0.4, 0.5) is 0 Å². The van der Waals surface area contributed by atoms with Crippen LogP contribution >= 0.6 is 0 Å². The molecule has 28 heavy (non-hydrogen) atoms. The quantitative estimate of drug-likeness (QED) is 0.759. The first-order valence-electron chi connectivity index (χ1n) is 10.1. The number of likely N-dealkylation sites (tertiary alicyclic amines) is 1. The number of hydrogen-bond acceptors (Lipinski definition) is 4. The molecular weight excluding hydrogens is 348 g/mol. The van der Waals surface area contributed by atoms with Gasteiger partial charge in [-0.15, -0.1) is 0 Å². The van der Waals surface area contributed by atoms with Crippen LogP contribution in [-0.4, -0.2) is 45.9 Å². The fourth-order valence-corrected chi connectivity index (χ4v) is 4.14. The molecule has 0 atom stereocenters. The van der Waals surface area contributed by atoms with Crippen LogP contribution in [0.5, 0.6) is 0 Å². The van der Waals surface area contributed by atoms with Gasteiger partial charge in [0.15, 0.2) is 0 Å². The normalized spacial score (nSPS) is 18.3. The lowest BCUT2D eigenvalue weighted by Crippen LogP contribution is -2.45. The molecule has 0 spiro atoms. The second-order valence-corrected chi connectivity index (χ2v) is 7.83. The summed E-state index contributed by atoms with van der Waals surface area (Å²) in [6.45, 7) is 2.18. The second-order valence-electron chi connectivity index (χ2n) is 7.83. The van der Waals surface area contributed by atoms with Gasteiger partial charge in [-0.3, -0.25) is 9.78 Å². The van der Waals surface area contributed by atoms with Gasteiger partial charge in [-0.2, -0.15) is 0 Å². The van der Waals surface area contributed by atoms with Crippen LogP contribution in [0.3, 0.4) is 0 Å². The molecule has 0 unspecified atom stereocenters. The molecule has 142 valence electrons. The summed E-state index contributed by atoms with van der Waals surface area (Å²) in [5.41, 5.74) is 3.21. The number of rotatable bonds is 4. The Labute approximate surface area is 164 Å². The third-order valence-electron chi connectivity index (χ3n) is 5.85. The zero-order valence-electron chi connectivity index (χ0n) is 15.8. The van der Waals surface area contributed by atoms with E-state index < -0.39 is 0 Å². The van der Waals surface area contributed by atoms with Gasteiger partial charge < -0.3 is 10.2 Å². The number of piperidine rings is 1. The molecule has 1 saturated heterocycles. The van der Waals surface area contributed by atoms with Crippen LogP contribution in [0.15, 0.2) is 54.9 Å². The van der Waals surface area contributed by atoms with Crippen LogP contribution in [0.25, 0.3) is 22.2 Å². The van der Waals surface area contributed by atoms with Crippen molar-refractivity contribution in [2.45, 2.75) is 37.8 Å². The minimum absolute atomic E-state index is 0.00591. The van der Waals surface area contributed by atoms with Crippen LogP contribution in [0.1, 0.15) is 36.0 Å². The van der Waals surface area contributed by atoms with E-state index in [2.05, 4.69) is 15.2 Å². The van der Waals surface area contributed by atoms with Crippen molar-refractivity contribution in [2.75, 3.05) is 13.1 Å². The number of hydrogen-bond donors (Lipinski definition) is 1. The van der Waals surface area contributed by atoms with Crippen molar-refractivity contribution in [3.05, 3.63) is 60.4 Å². The summed E-state index contributed by atoms with van der Waals surface area (Å²) in [6.07, 6.45) is 8.27. The lowest BCUT2D eigenvalue weighted by Gasteiger charge is -2.32. The van der Waals surface area contributed by atoms with Gasteiger partial charge in [0.25, 0.3) is 5.91 Å². The Morgan fingerprint density at radius 3 is 2.61 bits per heavy atom. The zero-order chi connectivity index (χ0) is 18.9. The molecule has 1 N–H and O–H groups in total. The highest BCUT2D eigenvalue weighted by Crippen LogP contribution is 2.29. The predicted octanol–water partition coefficient (Wildman–Crippen LogP) is 3.65. The van der Waals surface area contributed by atoms with E-state index in [1.807, 2.05) is 42.5 Å². The summed E-state index contributed by atoms with van der Waals surface area (Å²) in [6, 6.07) is 14.7. The number of amides is 1. The molecule has 0 bridgehead atoms. The topological polar surface area (TPSA) is 58.1 Å². The molecular formula is C23H24N4O. The largest absolute Gasteiger partial charge is 0.349 e. The minimum Gasteiger partial charge on any atom is -0.349 e. The molecule has 1 saturated carbocycles. The third kappa shape index (κ3) is 3.50. The average Bonchev–Trinajstić information content (AvgIpc) is 3.59. The molecule has 0 radical (unpaired) electrons. The van der Waals surface area contributed by atoms with Crippen molar-refractivity contribution in [2.24, 2.45) is 0 Å². The van der Waals surface area contributed by atoms with Gasteiger partial charge in [0.2, 0.25) is 0 Å². The van der Waals surface area contributed by atoms with E-state index in [0.717, 1.165) is 54.1 Å². The first kappa shape index (κ1) is 17.3. The number of carbonyl (C=O) groups excluding carboxylic acids is 1. The Kier molecular flexibility index (Phi) is 4.53. The lowest BCUT2D eigenvalue weighted by molar-refractivity contribution is 0.0910. The minimum atomic E-state index is -0.00591. The second kappa shape index (κ2) is 7.32. The maximum atomic E-state index is 13.2. The summed E-state index contributed by atoms with van der Waals surface area (Å²) < 4.78 is 0. The number of aromatic nitrogens is 2. The van der Waals surface area contributed by atoms with Gasteiger partial charge in [0.05, 0.1) is 16.8 Å². The van der Waals surface area contributed by atoms with Crippen LogP contribution in [0.2, 0.25) is 0 Å². The Hall–Kier alpha value is -2.79. The number of pyridine rings is 2. The van der Waals surface area contributed by atoms with E-state index in [-0.39, 0.29) is 11.9 Å². The highest BCUT2D eigenvalue weighted by atomic mass is 16.1. The number of nitrogens with one attached hydrogen (secondary N) is 1. The van der Waals surface area contributed by atoms with E-state index in [4.69, 9.17) is 4.98 Å². The van der Waals surface area contributed by atoms with Gasteiger partial charge >= 0.3 is 0 Å². The average molecular weight is 372 g/mol. The molecule has 2 fully saturated rings. The van der Waals surface area contributed by atoms with Gasteiger partial charge in [-0.25, -0.2) is 4.98 Å². The van der Waals surface area contributed by atoms with E-state index in [1.54, 1.807) is 12.4 Å². The van der Waals surface area contributed by atoms with E-state index in [9.17, 15) is 4.79 Å². The van der Waals surface area contributed by atoms with Crippen molar-refractivity contribution in [3.63, 3.8) is 0 Å². The molecule has 3 aromatic rings. The molecule has 3 heterocycles. The fraction of sp³-hybridized carbons (Fsp3) is 0.348. The third-order valence-corrected chi connectivity index (χ3v) is 5.85. The molecule has 1 amide bonds. The SMILES string of the molecule is O=C(NC1CCN(C2CC2)CC1)c1cc(-c2cccnc2)nc2ccccc12. The maximum absolute atomic E-state index is 13.2. The Morgan fingerprint density at radius 1 is 1.04 bits per heavy atom. The number of benzene rings is 1. The predicted molar refractivity (Wildman–Crippen MR) is 110 cm³/mol. The van der Waals surface area contributed by atoms with E-state index >= 15 is 0 Å². The van der Waals surface area contributed by atoms with Crippen molar-refractivity contribution >= 4 is 16.8 Å². The molecule has 5 nitrogen and oxygen atoms in total. The summed E-state index contributed by atoms with van der Waals surface area (Å²) in [5.74, 6) is -0.00591. The molecule has 2 aromatic heterocycles. The Bertz CT molecular complexity index is 992. The summed E-state index contributed by atoms with van der Waals surface area (Å²) >= 11 is 0. The number of fused-ring (bicyclic) bond motifs is 1. The van der Waals surface area contributed by atoms with E-state index in [0.29, 0.717) is 5.56 Å². The molecule has 1 aliphatic heterocycles. The monoisotopic (exact) mass is 372 g/mol.